The van der Waals surface area contributed by atoms with Gasteiger partial charge in [-0.1, -0.05) is 41.9 Å². The molecule has 2 rings (SSSR count). The van der Waals surface area contributed by atoms with Crippen LogP contribution in [0.1, 0.15) is 30.0 Å². The van der Waals surface area contributed by atoms with E-state index in [-0.39, 0.29) is 11.9 Å². The van der Waals surface area contributed by atoms with Crippen molar-refractivity contribution in [1.29, 1.82) is 0 Å². The Hall–Kier alpha value is -2.04. The van der Waals surface area contributed by atoms with E-state index in [2.05, 4.69) is 10.6 Å². The number of benzene rings is 2. The third-order valence-electron chi connectivity index (χ3n) is 3.78. The van der Waals surface area contributed by atoms with Crippen LogP contribution < -0.4 is 15.4 Å². The van der Waals surface area contributed by atoms with E-state index in [9.17, 15) is 4.79 Å². The summed E-state index contributed by atoms with van der Waals surface area (Å²) in [6.07, 6.45) is 1.25. The van der Waals surface area contributed by atoms with E-state index in [1.807, 2.05) is 55.6 Å². The molecular weight excluding hydrogens is 324 g/mol. The molecule has 1 atom stereocenters. The van der Waals surface area contributed by atoms with Gasteiger partial charge >= 0.3 is 0 Å². The van der Waals surface area contributed by atoms with E-state index in [1.165, 1.54) is 0 Å². The second kappa shape index (κ2) is 9.30. The molecule has 0 saturated heterocycles. The molecule has 2 aromatic carbocycles. The van der Waals surface area contributed by atoms with Gasteiger partial charge in [-0.3, -0.25) is 4.79 Å². The minimum absolute atomic E-state index is 0.00186. The fourth-order valence-electron chi connectivity index (χ4n) is 2.53. The lowest BCUT2D eigenvalue weighted by Crippen LogP contribution is -2.30. The van der Waals surface area contributed by atoms with Crippen molar-refractivity contribution in [2.45, 2.75) is 18.9 Å². The van der Waals surface area contributed by atoms with Crippen molar-refractivity contribution in [3.63, 3.8) is 0 Å². The minimum atomic E-state index is -0.309. The molecule has 1 unspecified atom stereocenters. The average molecular weight is 347 g/mol. The van der Waals surface area contributed by atoms with Crippen LogP contribution in [-0.2, 0) is 4.79 Å². The maximum absolute atomic E-state index is 12.3. The molecule has 0 aliphatic rings. The van der Waals surface area contributed by atoms with Crippen molar-refractivity contribution >= 4 is 17.5 Å². The molecule has 0 spiro atoms. The number of nitrogens with one attached hydrogen (secondary N) is 2. The monoisotopic (exact) mass is 346 g/mol. The van der Waals surface area contributed by atoms with Crippen LogP contribution in [-0.4, -0.2) is 26.6 Å². The van der Waals surface area contributed by atoms with Gasteiger partial charge in [0.15, 0.2) is 0 Å². The van der Waals surface area contributed by atoms with Gasteiger partial charge in [0.1, 0.15) is 5.75 Å². The largest absolute Gasteiger partial charge is 0.497 e. The maximum Gasteiger partial charge on any atom is 0.220 e. The second-order valence-electron chi connectivity index (χ2n) is 5.51. The molecule has 2 aromatic rings. The molecular formula is C19H23ClN2O2. The molecule has 0 heterocycles. The van der Waals surface area contributed by atoms with E-state index in [4.69, 9.17) is 16.3 Å². The molecule has 24 heavy (non-hydrogen) atoms. The number of hydrogen-bond acceptors (Lipinski definition) is 3. The van der Waals surface area contributed by atoms with E-state index in [0.29, 0.717) is 11.4 Å². The van der Waals surface area contributed by atoms with Crippen molar-refractivity contribution in [1.82, 2.24) is 10.6 Å². The van der Waals surface area contributed by atoms with Crippen LogP contribution in [0.3, 0.4) is 0 Å². The van der Waals surface area contributed by atoms with Crippen molar-refractivity contribution in [2.75, 3.05) is 20.7 Å². The number of carbonyl (C=O) groups excluding carboxylic acids is 1. The quantitative estimate of drug-likeness (QED) is 0.719. The van der Waals surface area contributed by atoms with Crippen molar-refractivity contribution in [3.8, 4) is 5.75 Å². The van der Waals surface area contributed by atoms with Gasteiger partial charge in [-0.2, -0.15) is 0 Å². The van der Waals surface area contributed by atoms with E-state index in [0.717, 1.165) is 29.8 Å². The molecule has 5 heteroatoms. The highest BCUT2D eigenvalue weighted by Gasteiger charge is 2.19. The molecule has 0 bridgehead atoms. The molecule has 0 aliphatic carbocycles. The summed E-state index contributed by atoms with van der Waals surface area (Å²) in [6, 6.07) is 14.9. The minimum Gasteiger partial charge on any atom is -0.497 e. The lowest BCUT2D eigenvalue weighted by molar-refractivity contribution is -0.121. The summed E-state index contributed by atoms with van der Waals surface area (Å²) in [5, 5.41) is 6.77. The van der Waals surface area contributed by atoms with E-state index >= 15 is 0 Å². The Balaban J connectivity index is 2.28. The fraction of sp³-hybridized carbons (Fsp3) is 0.316. The summed E-state index contributed by atoms with van der Waals surface area (Å²) < 4.78 is 5.30. The van der Waals surface area contributed by atoms with Gasteiger partial charge in [0.05, 0.1) is 13.2 Å². The van der Waals surface area contributed by atoms with Crippen LogP contribution in [0.25, 0.3) is 0 Å². The summed E-state index contributed by atoms with van der Waals surface area (Å²) in [7, 11) is 3.50. The standard InChI is InChI=1S/C19H23ClN2O2/c1-21-12-6-11-18(23)22-19(16-9-3-4-10-17(16)20)14-7-5-8-15(13-14)24-2/h3-5,7-10,13,19,21H,6,11-12H2,1-2H3,(H,22,23). The van der Waals surface area contributed by atoms with Gasteiger partial charge in [0.2, 0.25) is 5.91 Å². The first-order valence-electron chi connectivity index (χ1n) is 7.98. The van der Waals surface area contributed by atoms with Crippen molar-refractivity contribution < 1.29 is 9.53 Å². The number of carbonyl (C=O) groups is 1. The Morgan fingerprint density at radius 2 is 2.00 bits per heavy atom. The first-order chi connectivity index (χ1) is 11.7. The zero-order chi connectivity index (χ0) is 17.4. The van der Waals surface area contributed by atoms with Crippen LogP contribution in [0.4, 0.5) is 0 Å². The average Bonchev–Trinajstić information content (AvgIpc) is 2.61. The zero-order valence-corrected chi connectivity index (χ0v) is 14.8. The fourth-order valence-corrected chi connectivity index (χ4v) is 2.77. The van der Waals surface area contributed by atoms with Gasteiger partial charge in [0, 0.05) is 11.4 Å². The van der Waals surface area contributed by atoms with E-state index < -0.39 is 0 Å². The van der Waals surface area contributed by atoms with Crippen LogP contribution in [0.2, 0.25) is 5.02 Å². The van der Waals surface area contributed by atoms with Gasteiger partial charge in [-0.15, -0.1) is 0 Å². The molecule has 0 fully saturated rings. The number of ether oxygens (including phenoxy) is 1. The Labute approximate surface area is 148 Å². The number of methoxy groups -OCH3 is 1. The molecule has 0 aromatic heterocycles. The molecule has 0 aliphatic heterocycles. The third kappa shape index (κ3) is 4.98. The van der Waals surface area contributed by atoms with Crippen molar-refractivity contribution in [2.24, 2.45) is 0 Å². The highest BCUT2D eigenvalue weighted by Crippen LogP contribution is 2.30. The zero-order valence-electron chi connectivity index (χ0n) is 14.0. The molecule has 1 amide bonds. The number of rotatable bonds is 8. The van der Waals surface area contributed by atoms with E-state index in [1.54, 1.807) is 7.11 Å². The number of amides is 1. The lowest BCUT2D eigenvalue weighted by atomic mass is 9.98. The first kappa shape index (κ1) is 18.3. The van der Waals surface area contributed by atoms with Gasteiger partial charge in [-0.05, 0) is 49.3 Å². The van der Waals surface area contributed by atoms with Crippen LogP contribution in [0.15, 0.2) is 48.5 Å². The van der Waals surface area contributed by atoms with Crippen molar-refractivity contribution in [3.05, 3.63) is 64.7 Å². The summed E-state index contributed by atoms with van der Waals surface area (Å²) in [6.45, 7) is 0.809. The predicted molar refractivity (Wildman–Crippen MR) is 97.6 cm³/mol. The van der Waals surface area contributed by atoms with Gasteiger partial charge in [0.25, 0.3) is 0 Å². The molecule has 4 nitrogen and oxygen atoms in total. The highest BCUT2D eigenvalue weighted by molar-refractivity contribution is 6.31. The number of hydrogen-bond donors (Lipinski definition) is 2. The first-order valence-corrected chi connectivity index (χ1v) is 8.36. The molecule has 0 radical (unpaired) electrons. The summed E-state index contributed by atoms with van der Waals surface area (Å²) >= 11 is 6.36. The molecule has 128 valence electrons. The lowest BCUT2D eigenvalue weighted by Gasteiger charge is -2.21. The summed E-state index contributed by atoms with van der Waals surface area (Å²) in [5.41, 5.74) is 1.80. The maximum atomic E-state index is 12.3. The molecule has 0 saturated carbocycles. The second-order valence-corrected chi connectivity index (χ2v) is 5.91. The Kier molecular flexibility index (Phi) is 7.09. The third-order valence-corrected chi connectivity index (χ3v) is 4.12. The topological polar surface area (TPSA) is 50.4 Å². The van der Waals surface area contributed by atoms with Gasteiger partial charge < -0.3 is 15.4 Å². The van der Waals surface area contributed by atoms with Gasteiger partial charge in [-0.25, -0.2) is 0 Å². The highest BCUT2D eigenvalue weighted by atomic mass is 35.5. The summed E-state index contributed by atoms with van der Waals surface area (Å²) in [4.78, 5) is 12.3. The van der Waals surface area contributed by atoms with Crippen LogP contribution >= 0.6 is 11.6 Å². The van der Waals surface area contributed by atoms with Crippen LogP contribution in [0.5, 0.6) is 5.75 Å². The van der Waals surface area contributed by atoms with Crippen LogP contribution in [0, 0.1) is 0 Å². The SMILES string of the molecule is CNCCCC(=O)NC(c1cccc(OC)c1)c1ccccc1Cl. The number of halogens is 1. The molecule has 2 N–H and O–H groups in total. The Bertz CT molecular complexity index is 676. The summed E-state index contributed by atoms with van der Waals surface area (Å²) in [5.74, 6) is 0.743. The Morgan fingerprint density at radius 1 is 1.21 bits per heavy atom. The predicted octanol–water partition coefficient (Wildman–Crippen LogP) is 3.55. The Morgan fingerprint density at radius 3 is 2.71 bits per heavy atom. The smallest absolute Gasteiger partial charge is 0.220 e. The normalized spacial score (nSPS) is 11.8.